The van der Waals surface area contributed by atoms with Gasteiger partial charge in [0.05, 0.1) is 27.1 Å². The minimum absolute atomic E-state index is 0.300. The van der Waals surface area contributed by atoms with Gasteiger partial charge in [-0.1, -0.05) is 6.92 Å². The Labute approximate surface area is 132 Å². The molecule has 1 atom stereocenters. The minimum Gasteiger partial charge on any atom is -0.309 e. The van der Waals surface area contributed by atoms with E-state index in [2.05, 4.69) is 45.2 Å². The SMILES string of the molecule is CCCNC(Cc1c(Br)c(C)nn1C)c1scnc1C. The van der Waals surface area contributed by atoms with Crippen LogP contribution in [0.1, 0.15) is 41.3 Å². The van der Waals surface area contributed by atoms with Crippen molar-refractivity contribution in [2.75, 3.05) is 6.54 Å². The molecule has 0 aliphatic heterocycles. The van der Waals surface area contributed by atoms with Crippen molar-refractivity contribution in [3.63, 3.8) is 0 Å². The van der Waals surface area contributed by atoms with E-state index in [1.807, 2.05) is 24.2 Å². The Bertz CT molecular complexity index is 576. The highest BCUT2D eigenvalue weighted by molar-refractivity contribution is 9.10. The second-order valence-electron chi connectivity index (χ2n) is 4.98. The maximum Gasteiger partial charge on any atom is 0.0798 e. The Morgan fingerprint density at radius 3 is 2.65 bits per heavy atom. The van der Waals surface area contributed by atoms with E-state index in [0.717, 1.165) is 35.2 Å². The van der Waals surface area contributed by atoms with Crippen LogP contribution in [0.15, 0.2) is 9.98 Å². The summed E-state index contributed by atoms with van der Waals surface area (Å²) in [6.07, 6.45) is 2.04. The molecule has 4 nitrogen and oxygen atoms in total. The molecule has 110 valence electrons. The van der Waals surface area contributed by atoms with Crippen LogP contribution >= 0.6 is 27.3 Å². The number of nitrogens with zero attached hydrogens (tertiary/aromatic N) is 3. The van der Waals surface area contributed by atoms with Crippen molar-refractivity contribution in [2.45, 2.75) is 39.7 Å². The fourth-order valence-corrected chi connectivity index (χ4v) is 3.69. The van der Waals surface area contributed by atoms with Crippen LogP contribution in [-0.2, 0) is 13.5 Å². The van der Waals surface area contributed by atoms with Crippen molar-refractivity contribution < 1.29 is 0 Å². The summed E-state index contributed by atoms with van der Waals surface area (Å²) in [5, 5.41) is 8.11. The quantitative estimate of drug-likeness (QED) is 0.860. The Hall–Kier alpha value is -0.720. The fourth-order valence-electron chi connectivity index (χ4n) is 2.32. The van der Waals surface area contributed by atoms with E-state index in [1.54, 1.807) is 11.3 Å². The molecular weight excluding hydrogens is 336 g/mol. The van der Waals surface area contributed by atoms with Gasteiger partial charge in [0.25, 0.3) is 0 Å². The first-order valence-corrected chi connectivity index (χ1v) is 8.53. The van der Waals surface area contributed by atoms with Gasteiger partial charge < -0.3 is 5.32 Å². The maximum atomic E-state index is 4.48. The molecule has 0 saturated heterocycles. The number of aryl methyl sites for hydroxylation is 3. The topological polar surface area (TPSA) is 42.7 Å². The van der Waals surface area contributed by atoms with Crippen LogP contribution < -0.4 is 5.32 Å². The van der Waals surface area contributed by atoms with Gasteiger partial charge in [-0.15, -0.1) is 11.3 Å². The maximum absolute atomic E-state index is 4.48. The molecule has 0 fully saturated rings. The highest BCUT2D eigenvalue weighted by atomic mass is 79.9. The van der Waals surface area contributed by atoms with Gasteiger partial charge >= 0.3 is 0 Å². The summed E-state index contributed by atoms with van der Waals surface area (Å²) in [5.41, 5.74) is 5.31. The third kappa shape index (κ3) is 3.30. The number of hydrogen-bond acceptors (Lipinski definition) is 4. The van der Waals surface area contributed by atoms with E-state index in [9.17, 15) is 0 Å². The summed E-state index contributed by atoms with van der Waals surface area (Å²) in [6, 6.07) is 0.300. The van der Waals surface area contributed by atoms with Crippen LogP contribution in [0.4, 0.5) is 0 Å². The average molecular weight is 357 g/mol. The third-order valence-corrected chi connectivity index (χ3v) is 5.48. The zero-order valence-corrected chi connectivity index (χ0v) is 14.8. The summed E-state index contributed by atoms with van der Waals surface area (Å²) in [6.45, 7) is 7.31. The zero-order valence-electron chi connectivity index (χ0n) is 12.4. The largest absolute Gasteiger partial charge is 0.309 e. The molecule has 0 aromatic carbocycles. The monoisotopic (exact) mass is 356 g/mol. The number of halogens is 1. The molecule has 0 aliphatic carbocycles. The Morgan fingerprint density at radius 1 is 1.40 bits per heavy atom. The first-order valence-electron chi connectivity index (χ1n) is 6.85. The summed E-state index contributed by atoms with van der Waals surface area (Å²) < 4.78 is 3.08. The summed E-state index contributed by atoms with van der Waals surface area (Å²) in [4.78, 5) is 5.70. The summed E-state index contributed by atoms with van der Waals surface area (Å²) in [5.74, 6) is 0. The molecule has 0 radical (unpaired) electrons. The second-order valence-corrected chi connectivity index (χ2v) is 6.66. The number of rotatable bonds is 6. The zero-order chi connectivity index (χ0) is 14.7. The van der Waals surface area contributed by atoms with E-state index in [0.29, 0.717) is 6.04 Å². The van der Waals surface area contributed by atoms with E-state index in [-0.39, 0.29) is 0 Å². The summed E-state index contributed by atoms with van der Waals surface area (Å²) in [7, 11) is 2.00. The lowest BCUT2D eigenvalue weighted by atomic mass is 10.1. The van der Waals surface area contributed by atoms with Crippen molar-refractivity contribution in [1.82, 2.24) is 20.1 Å². The molecular formula is C14H21BrN4S. The Balaban J connectivity index is 2.26. The highest BCUT2D eigenvalue weighted by Gasteiger charge is 2.20. The van der Waals surface area contributed by atoms with Crippen LogP contribution in [-0.4, -0.2) is 21.3 Å². The van der Waals surface area contributed by atoms with E-state index in [4.69, 9.17) is 0 Å². The fraction of sp³-hybridized carbons (Fsp3) is 0.571. The standard InChI is InChI=1S/C14H21BrN4S/c1-5-6-16-11(14-10(3)17-8-20-14)7-12-13(15)9(2)18-19(12)4/h8,11,16H,5-7H2,1-4H3. The Kier molecular flexibility index (Phi) is 5.35. The molecule has 2 aromatic rings. The van der Waals surface area contributed by atoms with Crippen LogP contribution in [0.5, 0.6) is 0 Å². The van der Waals surface area contributed by atoms with Crippen molar-refractivity contribution in [1.29, 1.82) is 0 Å². The number of aromatic nitrogens is 3. The van der Waals surface area contributed by atoms with Crippen molar-refractivity contribution >= 4 is 27.3 Å². The van der Waals surface area contributed by atoms with Gasteiger partial charge in [0.15, 0.2) is 0 Å². The van der Waals surface area contributed by atoms with Crippen LogP contribution in [0.3, 0.4) is 0 Å². The second kappa shape index (κ2) is 6.83. The van der Waals surface area contributed by atoms with Crippen molar-refractivity contribution in [3.05, 3.63) is 31.9 Å². The molecule has 1 N–H and O–H groups in total. The predicted octanol–water partition coefficient (Wildman–Crippen LogP) is 3.54. The molecule has 2 rings (SSSR count). The number of hydrogen-bond donors (Lipinski definition) is 1. The molecule has 2 aromatic heterocycles. The normalized spacial score (nSPS) is 12.8. The van der Waals surface area contributed by atoms with Gasteiger partial charge in [-0.25, -0.2) is 4.98 Å². The summed E-state index contributed by atoms with van der Waals surface area (Å²) >= 11 is 5.38. The van der Waals surface area contributed by atoms with Gasteiger partial charge in [0, 0.05) is 24.4 Å². The molecule has 0 amide bonds. The minimum atomic E-state index is 0.300. The van der Waals surface area contributed by atoms with E-state index in [1.165, 1.54) is 10.6 Å². The predicted molar refractivity (Wildman–Crippen MR) is 87.2 cm³/mol. The first kappa shape index (κ1) is 15.7. The smallest absolute Gasteiger partial charge is 0.0798 e. The van der Waals surface area contributed by atoms with Gasteiger partial charge in [-0.05, 0) is 42.7 Å². The third-order valence-electron chi connectivity index (χ3n) is 3.40. The Morgan fingerprint density at radius 2 is 2.15 bits per heavy atom. The van der Waals surface area contributed by atoms with Gasteiger partial charge in [0.2, 0.25) is 0 Å². The molecule has 20 heavy (non-hydrogen) atoms. The molecule has 0 bridgehead atoms. The number of thiazole rings is 1. The number of nitrogens with one attached hydrogen (secondary N) is 1. The van der Waals surface area contributed by atoms with Crippen LogP contribution in [0.2, 0.25) is 0 Å². The molecule has 0 aliphatic rings. The van der Waals surface area contributed by atoms with Crippen molar-refractivity contribution in [3.8, 4) is 0 Å². The van der Waals surface area contributed by atoms with E-state index >= 15 is 0 Å². The van der Waals surface area contributed by atoms with Crippen LogP contribution in [0.25, 0.3) is 0 Å². The van der Waals surface area contributed by atoms with Gasteiger partial charge in [-0.2, -0.15) is 5.10 Å². The van der Waals surface area contributed by atoms with E-state index < -0.39 is 0 Å². The lowest BCUT2D eigenvalue weighted by Gasteiger charge is -2.18. The van der Waals surface area contributed by atoms with Crippen molar-refractivity contribution in [2.24, 2.45) is 7.05 Å². The van der Waals surface area contributed by atoms with Gasteiger partial charge in [-0.3, -0.25) is 4.68 Å². The molecule has 6 heteroatoms. The molecule has 2 heterocycles. The molecule has 0 saturated carbocycles. The lowest BCUT2D eigenvalue weighted by molar-refractivity contribution is 0.515. The lowest BCUT2D eigenvalue weighted by Crippen LogP contribution is -2.25. The average Bonchev–Trinajstić information content (AvgIpc) is 2.93. The van der Waals surface area contributed by atoms with Gasteiger partial charge in [0.1, 0.15) is 0 Å². The molecule has 0 spiro atoms. The highest BCUT2D eigenvalue weighted by Crippen LogP contribution is 2.29. The molecule has 1 unspecified atom stereocenters. The first-order chi connectivity index (χ1) is 9.54. The van der Waals surface area contributed by atoms with Crippen LogP contribution in [0, 0.1) is 13.8 Å².